The molecular weight excluding hydrogens is 288 g/mol. The van der Waals surface area contributed by atoms with E-state index in [0.29, 0.717) is 11.6 Å². The molecule has 1 aromatic carbocycles. The summed E-state index contributed by atoms with van der Waals surface area (Å²) in [5, 5.41) is 0.681. The molecule has 0 radical (unpaired) electrons. The summed E-state index contributed by atoms with van der Waals surface area (Å²) in [4.78, 5) is 18.4. The van der Waals surface area contributed by atoms with Crippen molar-refractivity contribution in [1.82, 2.24) is 14.5 Å². The summed E-state index contributed by atoms with van der Waals surface area (Å²) in [6, 6.07) is 5.52. The number of primary amides is 1. The van der Waals surface area contributed by atoms with Gasteiger partial charge in [-0.15, -0.1) is 0 Å². The van der Waals surface area contributed by atoms with Gasteiger partial charge >= 0.3 is 0 Å². The summed E-state index contributed by atoms with van der Waals surface area (Å²) in [6.07, 6.45) is 2.99. The number of likely N-dealkylation sites (tertiary alicyclic amines) is 1. The maximum absolute atomic E-state index is 11.6. The van der Waals surface area contributed by atoms with Gasteiger partial charge in [-0.25, -0.2) is 4.98 Å². The zero-order valence-electron chi connectivity index (χ0n) is 12.1. The molecule has 1 unspecified atom stereocenters. The van der Waals surface area contributed by atoms with Gasteiger partial charge in [-0.05, 0) is 37.6 Å². The van der Waals surface area contributed by atoms with Crippen LogP contribution < -0.4 is 5.73 Å². The zero-order chi connectivity index (χ0) is 15.0. The van der Waals surface area contributed by atoms with Crippen LogP contribution in [0.1, 0.15) is 25.1 Å². The van der Waals surface area contributed by atoms with Crippen LogP contribution in [-0.4, -0.2) is 32.9 Å². The monoisotopic (exact) mass is 306 g/mol. The summed E-state index contributed by atoms with van der Waals surface area (Å²) < 4.78 is 2.05. The van der Waals surface area contributed by atoms with Gasteiger partial charge in [0.1, 0.15) is 5.82 Å². The van der Waals surface area contributed by atoms with Crippen molar-refractivity contribution in [2.45, 2.75) is 31.8 Å². The Morgan fingerprint density at radius 1 is 1.48 bits per heavy atom. The molecule has 0 saturated carbocycles. The fraction of sp³-hybridized carbons (Fsp3) is 0.467. The number of carbonyl (C=O) groups is 1. The Balaban J connectivity index is 1.90. The lowest BCUT2D eigenvalue weighted by Crippen LogP contribution is -2.47. The number of imidazole rings is 1. The summed E-state index contributed by atoms with van der Waals surface area (Å²) in [5.74, 6) is 0.692. The Kier molecular flexibility index (Phi) is 3.87. The third-order valence-corrected chi connectivity index (χ3v) is 4.46. The molecule has 21 heavy (non-hydrogen) atoms. The average molecular weight is 307 g/mol. The number of nitrogens with two attached hydrogens (primary N) is 1. The average Bonchev–Trinajstić information content (AvgIpc) is 2.75. The van der Waals surface area contributed by atoms with Crippen molar-refractivity contribution in [2.24, 2.45) is 12.8 Å². The Bertz CT molecular complexity index is 682. The predicted molar refractivity (Wildman–Crippen MR) is 83.0 cm³/mol. The molecule has 3 rings (SSSR count). The van der Waals surface area contributed by atoms with Crippen molar-refractivity contribution < 1.29 is 4.79 Å². The second-order valence-electron chi connectivity index (χ2n) is 5.60. The maximum atomic E-state index is 11.6. The Hall–Kier alpha value is -1.59. The van der Waals surface area contributed by atoms with E-state index in [9.17, 15) is 4.79 Å². The van der Waals surface area contributed by atoms with Crippen LogP contribution in [0.25, 0.3) is 11.0 Å². The number of hydrogen-bond acceptors (Lipinski definition) is 3. The van der Waals surface area contributed by atoms with Gasteiger partial charge in [0.25, 0.3) is 0 Å². The van der Waals surface area contributed by atoms with Gasteiger partial charge in [0.05, 0.1) is 23.6 Å². The van der Waals surface area contributed by atoms with Gasteiger partial charge in [0.15, 0.2) is 0 Å². The van der Waals surface area contributed by atoms with Gasteiger partial charge in [0, 0.05) is 12.1 Å². The number of benzene rings is 1. The Morgan fingerprint density at radius 3 is 3.05 bits per heavy atom. The molecule has 0 spiro atoms. The van der Waals surface area contributed by atoms with Crippen LogP contribution in [0.15, 0.2) is 18.2 Å². The van der Waals surface area contributed by atoms with Crippen molar-refractivity contribution in [2.75, 3.05) is 6.54 Å². The van der Waals surface area contributed by atoms with E-state index in [4.69, 9.17) is 17.3 Å². The van der Waals surface area contributed by atoms with Crippen molar-refractivity contribution in [1.29, 1.82) is 0 Å². The number of aromatic nitrogens is 2. The first-order valence-electron chi connectivity index (χ1n) is 7.20. The largest absolute Gasteiger partial charge is 0.368 e. The molecule has 1 aromatic heterocycles. The molecule has 0 bridgehead atoms. The number of piperidine rings is 1. The molecule has 1 atom stereocenters. The van der Waals surface area contributed by atoms with Crippen LogP contribution in [0.5, 0.6) is 0 Å². The maximum Gasteiger partial charge on any atom is 0.234 e. The standard InChI is InChI=1S/C15H19ClN4O/c1-19-12-6-5-10(16)8-11(12)18-14(19)9-20-7-3-2-4-13(20)15(17)21/h5-6,8,13H,2-4,7,9H2,1H3,(H2,17,21). The van der Waals surface area contributed by atoms with Crippen LogP contribution in [0.3, 0.4) is 0 Å². The molecular formula is C15H19ClN4O. The summed E-state index contributed by atoms with van der Waals surface area (Å²) in [7, 11) is 1.99. The first kappa shape index (κ1) is 14.4. The minimum Gasteiger partial charge on any atom is -0.368 e. The molecule has 0 aliphatic carbocycles. The fourth-order valence-electron chi connectivity index (χ4n) is 3.05. The first-order valence-corrected chi connectivity index (χ1v) is 7.58. The van der Waals surface area contributed by atoms with Gasteiger partial charge in [-0.1, -0.05) is 18.0 Å². The van der Waals surface area contributed by atoms with Crippen LogP contribution in [-0.2, 0) is 18.4 Å². The molecule has 1 aliphatic rings. The number of rotatable bonds is 3. The van der Waals surface area contributed by atoms with Crippen molar-refractivity contribution in [3.05, 3.63) is 29.0 Å². The van der Waals surface area contributed by atoms with E-state index in [1.54, 1.807) is 0 Å². The number of amides is 1. The predicted octanol–water partition coefficient (Wildman–Crippen LogP) is 2.07. The normalized spacial score (nSPS) is 20.0. The SMILES string of the molecule is Cn1c(CN2CCCCC2C(N)=O)nc2cc(Cl)ccc21. The molecule has 6 heteroatoms. The van der Waals surface area contributed by atoms with Gasteiger partial charge in [-0.2, -0.15) is 0 Å². The molecule has 1 fully saturated rings. The highest BCUT2D eigenvalue weighted by molar-refractivity contribution is 6.31. The van der Waals surface area contributed by atoms with E-state index in [-0.39, 0.29) is 11.9 Å². The third kappa shape index (κ3) is 2.76. The van der Waals surface area contributed by atoms with E-state index in [1.807, 2.05) is 25.2 Å². The fourth-order valence-corrected chi connectivity index (χ4v) is 3.21. The lowest BCUT2D eigenvalue weighted by atomic mass is 10.0. The minimum atomic E-state index is -0.239. The number of carbonyl (C=O) groups excluding carboxylic acids is 1. The van der Waals surface area contributed by atoms with Crippen LogP contribution in [0.2, 0.25) is 5.02 Å². The lowest BCUT2D eigenvalue weighted by Gasteiger charge is -2.33. The van der Waals surface area contributed by atoms with Gasteiger partial charge < -0.3 is 10.3 Å². The topological polar surface area (TPSA) is 64.2 Å². The number of halogens is 1. The van der Waals surface area contributed by atoms with Crippen molar-refractivity contribution >= 4 is 28.5 Å². The molecule has 1 saturated heterocycles. The van der Waals surface area contributed by atoms with Crippen LogP contribution >= 0.6 is 11.6 Å². The number of hydrogen-bond donors (Lipinski definition) is 1. The zero-order valence-corrected chi connectivity index (χ0v) is 12.8. The van der Waals surface area contributed by atoms with Crippen molar-refractivity contribution in [3.63, 3.8) is 0 Å². The van der Waals surface area contributed by atoms with E-state index in [0.717, 1.165) is 42.7 Å². The molecule has 5 nitrogen and oxygen atoms in total. The molecule has 112 valence electrons. The highest BCUT2D eigenvalue weighted by atomic mass is 35.5. The highest BCUT2D eigenvalue weighted by Crippen LogP contribution is 2.23. The second kappa shape index (κ2) is 5.66. The number of aryl methyl sites for hydroxylation is 1. The van der Waals surface area contributed by atoms with Gasteiger partial charge in [-0.3, -0.25) is 9.69 Å². The molecule has 2 aromatic rings. The minimum absolute atomic E-state index is 0.179. The lowest BCUT2D eigenvalue weighted by molar-refractivity contribution is -0.124. The van der Waals surface area contributed by atoms with Crippen LogP contribution in [0, 0.1) is 0 Å². The van der Waals surface area contributed by atoms with Gasteiger partial charge in [0.2, 0.25) is 5.91 Å². The summed E-state index contributed by atoms with van der Waals surface area (Å²) in [5.41, 5.74) is 7.44. The van der Waals surface area contributed by atoms with E-state index in [1.165, 1.54) is 0 Å². The Morgan fingerprint density at radius 2 is 2.29 bits per heavy atom. The van der Waals surface area contributed by atoms with Crippen molar-refractivity contribution in [3.8, 4) is 0 Å². The molecule has 1 aliphatic heterocycles. The first-order chi connectivity index (χ1) is 10.1. The Labute approximate surface area is 128 Å². The van der Waals surface area contributed by atoms with Crippen LogP contribution in [0.4, 0.5) is 0 Å². The number of fused-ring (bicyclic) bond motifs is 1. The number of nitrogens with zero attached hydrogens (tertiary/aromatic N) is 3. The second-order valence-corrected chi connectivity index (χ2v) is 6.04. The molecule has 2 N–H and O–H groups in total. The third-order valence-electron chi connectivity index (χ3n) is 4.22. The smallest absolute Gasteiger partial charge is 0.234 e. The van der Waals surface area contributed by atoms with E-state index >= 15 is 0 Å². The summed E-state index contributed by atoms with van der Waals surface area (Å²) in [6.45, 7) is 1.52. The summed E-state index contributed by atoms with van der Waals surface area (Å²) >= 11 is 6.02. The highest BCUT2D eigenvalue weighted by Gasteiger charge is 2.27. The molecule has 1 amide bonds. The molecule has 2 heterocycles. The van der Waals surface area contributed by atoms with E-state index in [2.05, 4.69) is 14.5 Å². The quantitative estimate of drug-likeness (QED) is 0.944. The van der Waals surface area contributed by atoms with E-state index < -0.39 is 0 Å².